The Kier molecular flexibility index (Phi) is 3.28. The fourth-order valence-electron chi connectivity index (χ4n) is 2.78. The van der Waals surface area contributed by atoms with E-state index in [1.54, 1.807) is 25.1 Å². The summed E-state index contributed by atoms with van der Waals surface area (Å²) in [6, 6.07) is 10.2. The third-order valence-corrected chi connectivity index (χ3v) is 4.13. The molecule has 0 radical (unpaired) electrons. The molecule has 0 unspecified atom stereocenters. The van der Waals surface area contributed by atoms with Gasteiger partial charge < -0.3 is 4.40 Å². The van der Waals surface area contributed by atoms with Gasteiger partial charge in [0.1, 0.15) is 0 Å². The number of hydrogen-bond acceptors (Lipinski definition) is 0. The first-order valence-corrected chi connectivity index (χ1v) is 7.04. The highest BCUT2D eigenvalue weighted by atomic mass is 19.4. The Bertz CT molecular complexity index is 857. The van der Waals surface area contributed by atoms with Crippen LogP contribution in [0.25, 0.3) is 16.6 Å². The third kappa shape index (κ3) is 2.28. The molecular weight excluding hydrogens is 287 g/mol. The van der Waals surface area contributed by atoms with Crippen molar-refractivity contribution >= 4 is 5.52 Å². The molecule has 0 aliphatic rings. The number of rotatable bonds is 1. The Morgan fingerprint density at radius 2 is 1.55 bits per heavy atom. The van der Waals surface area contributed by atoms with Gasteiger partial charge >= 0.3 is 6.18 Å². The Labute approximate surface area is 127 Å². The summed E-state index contributed by atoms with van der Waals surface area (Å²) in [4.78, 5) is 0. The summed E-state index contributed by atoms with van der Waals surface area (Å²) < 4.78 is 42.2. The van der Waals surface area contributed by atoms with Crippen LogP contribution in [0.2, 0.25) is 0 Å². The lowest BCUT2D eigenvalue weighted by molar-refractivity contribution is -0.137. The molecule has 1 aromatic carbocycles. The van der Waals surface area contributed by atoms with Crippen molar-refractivity contribution in [2.45, 2.75) is 26.9 Å². The van der Waals surface area contributed by atoms with E-state index < -0.39 is 11.7 Å². The fraction of sp³-hybridized carbons (Fsp3) is 0.222. The molecule has 3 aromatic rings. The molecule has 114 valence electrons. The van der Waals surface area contributed by atoms with Crippen molar-refractivity contribution in [1.82, 2.24) is 4.40 Å². The monoisotopic (exact) mass is 303 g/mol. The molecule has 0 saturated carbocycles. The van der Waals surface area contributed by atoms with Crippen LogP contribution in [-0.2, 0) is 6.18 Å². The molecule has 0 saturated heterocycles. The number of aryl methyl sites for hydroxylation is 3. The molecule has 1 nitrogen and oxygen atoms in total. The Hall–Kier alpha value is -2.23. The zero-order valence-corrected chi connectivity index (χ0v) is 12.6. The largest absolute Gasteiger partial charge is 0.417 e. The maximum atomic E-state index is 13.4. The van der Waals surface area contributed by atoms with Crippen molar-refractivity contribution in [3.05, 3.63) is 65.0 Å². The predicted molar refractivity (Wildman–Crippen MR) is 82.0 cm³/mol. The van der Waals surface area contributed by atoms with E-state index in [9.17, 15) is 13.2 Å². The van der Waals surface area contributed by atoms with E-state index in [-0.39, 0.29) is 5.56 Å². The topological polar surface area (TPSA) is 4.41 Å². The van der Waals surface area contributed by atoms with Crippen molar-refractivity contribution < 1.29 is 13.2 Å². The van der Waals surface area contributed by atoms with Crippen LogP contribution in [0.15, 0.2) is 42.6 Å². The van der Waals surface area contributed by atoms with Crippen LogP contribution in [0.5, 0.6) is 0 Å². The number of halogens is 3. The number of hydrogen-bond donors (Lipinski definition) is 0. The molecule has 0 fully saturated rings. The van der Waals surface area contributed by atoms with Gasteiger partial charge in [0.2, 0.25) is 0 Å². The van der Waals surface area contributed by atoms with Gasteiger partial charge in [-0.05, 0) is 61.7 Å². The summed E-state index contributed by atoms with van der Waals surface area (Å²) in [6.07, 6.45) is -2.51. The molecule has 0 aliphatic heterocycles. The van der Waals surface area contributed by atoms with Crippen molar-refractivity contribution in [3.8, 4) is 11.1 Å². The van der Waals surface area contributed by atoms with E-state index in [0.29, 0.717) is 11.1 Å². The second-order valence-electron chi connectivity index (χ2n) is 5.63. The molecule has 0 N–H and O–H groups in total. The van der Waals surface area contributed by atoms with Crippen LogP contribution in [-0.4, -0.2) is 4.40 Å². The van der Waals surface area contributed by atoms with Gasteiger partial charge in [-0.1, -0.05) is 12.1 Å². The molecule has 22 heavy (non-hydrogen) atoms. The van der Waals surface area contributed by atoms with Gasteiger partial charge in [0, 0.05) is 17.5 Å². The lowest BCUT2D eigenvalue weighted by Crippen LogP contribution is -2.08. The minimum absolute atomic E-state index is 0.235. The summed E-state index contributed by atoms with van der Waals surface area (Å²) in [7, 11) is 0. The van der Waals surface area contributed by atoms with Crippen LogP contribution in [0.4, 0.5) is 13.2 Å². The van der Waals surface area contributed by atoms with Crippen LogP contribution in [0, 0.1) is 20.8 Å². The summed E-state index contributed by atoms with van der Waals surface area (Å²) >= 11 is 0. The minimum Gasteiger partial charge on any atom is -0.321 e. The van der Waals surface area contributed by atoms with E-state index in [2.05, 4.69) is 0 Å². The van der Waals surface area contributed by atoms with Crippen molar-refractivity contribution in [2.75, 3.05) is 0 Å². The zero-order chi connectivity index (χ0) is 16.1. The highest BCUT2D eigenvalue weighted by molar-refractivity contribution is 5.83. The molecule has 3 rings (SSSR count). The zero-order valence-electron chi connectivity index (χ0n) is 12.6. The molecule has 0 atom stereocenters. The molecule has 0 aliphatic carbocycles. The number of nitrogens with zero attached hydrogens (tertiary/aromatic N) is 1. The summed E-state index contributed by atoms with van der Waals surface area (Å²) in [6.45, 7) is 5.47. The summed E-state index contributed by atoms with van der Waals surface area (Å²) in [5.41, 5.74) is 3.54. The number of alkyl halides is 3. The van der Waals surface area contributed by atoms with Gasteiger partial charge in [-0.3, -0.25) is 0 Å². The standard InChI is InChI=1S/C18H16F3N/c1-11-9-15(16(10-12(11)2)18(19,20)21)14-5-4-8-22-13(3)6-7-17(14)22/h4-10H,1-3H3. The van der Waals surface area contributed by atoms with Gasteiger partial charge in [-0.2, -0.15) is 13.2 Å². The maximum absolute atomic E-state index is 13.4. The van der Waals surface area contributed by atoms with Crippen LogP contribution < -0.4 is 0 Å². The highest BCUT2D eigenvalue weighted by Crippen LogP contribution is 2.40. The Morgan fingerprint density at radius 3 is 2.23 bits per heavy atom. The third-order valence-electron chi connectivity index (χ3n) is 4.13. The fourth-order valence-corrected chi connectivity index (χ4v) is 2.78. The SMILES string of the molecule is Cc1cc(-c2cccn3c(C)ccc23)c(C(F)(F)F)cc1C. The van der Waals surface area contributed by atoms with Gasteiger partial charge in [-0.15, -0.1) is 0 Å². The second kappa shape index (κ2) is 4.90. The van der Waals surface area contributed by atoms with Crippen LogP contribution >= 0.6 is 0 Å². The van der Waals surface area contributed by atoms with Crippen molar-refractivity contribution in [2.24, 2.45) is 0 Å². The van der Waals surface area contributed by atoms with Gasteiger partial charge in [0.15, 0.2) is 0 Å². The van der Waals surface area contributed by atoms with E-state index in [1.165, 1.54) is 6.07 Å². The summed E-state index contributed by atoms with van der Waals surface area (Å²) in [5.74, 6) is 0. The molecule has 0 bridgehead atoms. The summed E-state index contributed by atoms with van der Waals surface area (Å²) in [5, 5.41) is 0. The molecule has 4 heteroatoms. The van der Waals surface area contributed by atoms with E-state index in [1.807, 2.05) is 36.6 Å². The second-order valence-corrected chi connectivity index (χ2v) is 5.63. The maximum Gasteiger partial charge on any atom is 0.417 e. The molecular formula is C18H16F3N. The quantitative estimate of drug-likeness (QED) is 0.555. The van der Waals surface area contributed by atoms with Crippen molar-refractivity contribution in [3.63, 3.8) is 0 Å². The molecule has 2 aromatic heterocycles. The Morgan fingerprint density at radius 1 is 0.864 bits per heavy atom. The van der Waals surface area contributed by atoms with Gasteiger partial charge in [-0.25, -0.2) is 0 Å². The van der Waals surface area contributed by atoms with E-state index in [4.69, 9.17) is 0 Å². The first kappa shape index (κ1) is 14.7. The van der Waals surface area contributed by atoms with E-state index in [0.717, 1.165) is 16.8 Å². The number of pyridine rings is 1. The first-order valence-electron chi connectivity index (χ1n) is 7.04. The van der Waals surface area contributed by atoms with Gasteiger partial charge in [0.05, 0.1) is 11.1 Å². The lowest BCUT2D eigenvalue weighted by Gasteiger charge is -2.17. The molecule has 0 amide bonds. The predicted octanol–water partition coefficient (Wildman–Crippen LogP) is 5.55. The van der Waals surface area contributed by atoms with Crippen LogP contribution in [0.3, 0.4) is 0 Å². The van der Waals surface area contributed by atoms with E-state index >= 15 is 0 Å². The average molecular weight is 303 g/mol. The first-order chi connectivity index (χ1) is 10.3. The Balaban J connectivity index is 2.37. The minimum atomic E-state index is -4.37. The smallest absolute Gasteiger partial charge is 0.321 e. The molecule has 0 spiro atoms. The number of aromatic nitrogens is 1. The average Bonchev–Trinajstić information content (AvgIpc) is 2.82. The van der Waals surface area contributed by atoms with Gasteiger partial charge in [0.25, 0.3) is 0 Å². The highest BCUT2D eigenvalue weighted by Gasteiger charge is 2.34. The van der Waals surface area contributed by atoms with Crippen molar-refractivity contribution in [1.29, 1.82) is 0 Å². The van der Waals surface area contributed by atoms with Crippen LogP contribution in [0.1, 0.15) is 22.4 Å². The lowest BCUT2D eigenvalue weighted by atomic mass is 9.94. The number of benzene rings is 1. The number of fused-ring (bicyclic) bond motifs is 1. The normalized spacial score (nSPS) is 12.1. The molecule has 2 heterocycles.